The molecule has 0 spiro atoms. The van der Waals surface area contributed by atoms with Crippen molar-refractivity contribution in [3.05, 3.63) is 0 Å². The molecule has 0 fully saturated rings. The van der Waals surface area contributed by atoms with Crippen molar-refractivity contribution in [2.75, 3.05) is 13.2 Å². The van der Waals surface area contributed by atoms with Gasteiger partial charge >= 0.3 is 0 Å². The first-order valence-corrected chi connectivity index (χ1v) is 7.28. The quantitative estimate of drug-likeness (QED) is 0.515. The van der Waals surface area contributed by atoms with Crippen molar-refractivity contribution >= 4 is 0 Å². The van der Waals surface area contributed by atoms with Crippen LogP contribution in [0.4, 0.5) is 0 Å². The summed E-state index contributed by atoms with van der Waals surface area (Å²) in [4.78, 5) is 0. The lowest BCUT2D eigenvalue weighted by molar-refractivity contribution is 0.121. The first kappa shape index (κ1) is 17.0. The molecule has 0 saturated carbocycles. The molecule has 0 aliphatic rings. The largest absolute Gasteiger partial charge is 0.381 e. The van der Waals surface area contributed by atoms with Gasteiger partial charge in [-0.15, -0.1) is 0 Å². The lowest BCUT2D eigenvalue weighted by Crippen LogP contribution is -2.06. The van der Waals surface area contributed by atoms with Crippen molar-refractivity contribution in [2.45, 2.75) is 80.1 Å². The lowest BCUT2D eigenvalue weighted by Gasteiger charge is -2.18. The van der Waals surface area contributed by atoms with Crippen LogP contribution in [0.3, 0.4) is 0 Å². The van der Waals surface area contributed by atoms with Crippen molar-refractivity contribution in [3.63, 3.8) is 0 Å². The van der Waals surface area contributed by atoms with Gasteiger partial charge in [-0.1, -0.05) is 54.4 Å². The highest BCUT2D eigenvalue weighted by atomic mass is 16.5. The summed E-state index contributed by atoms with van der Waals surface area (Å²) in [5.74, 6) is 0. The average molecular weight is 242 g/mol. The van der Waals surface area contributed by atoms with E-state index in [9.17, 15) is 0 Å². The van der Waals surface area contributed by atoms with E-state index in [4.69, 9.17) is 4.74 Å². The van der Waals surface area contributed by atoms with Gasteiger partial charge in [0.2, 0.25) is 0 Å². The lowest BCUT2D eigenvalue weighted by atomic mass is 9.90. The predicted octanol–water partition coefficient (Wildman–Crippen LogP) is 5.44. The maximum atomic E-state index is 5.66. The Morgan fingerprint density at radius 3 is 1.24 bits per heavy atom. The molecule has 1 heteroatoms. The Labute approximate surface area is 109 Å². The zero-order valence-electron chi connectivity index (χ0n) is 13.1. The first-order valence-electron chi connectivity index (χ1n) is 7.28. The Bertz CT molecular complexity index is 151. The molecule has 1 nitrogen and oxygen atoms in total. The Hall–Kier alpha value is -0.0400. The minimum atomic E-state index is 0.479. The van der Waals surface area contributed by atoms with Crippen LogP contribution in [0, 0.1) is 10.8 Å². The van der Waals surface area contributed by atoms with E-state index >= 15 is 0 Å². The SMILES string of the molecule is CC(C)(C)CCCCOCCCCC(C)(C)C. The third-order valence-corrected chi connectivity index (χ3v) is 2.93. The van der Waals surface area contributed by atoms with Crippen LogP contribution in [0.15, 0.2) is 0 Å². The summed E-state index contributed by atoms with van der Waals surface area (Å²) in [5, 5.41) is 0. The van der Waals surface area contributed by atoms with Gasteiger partial charge in [0.15, 0.2) is 0 Å². The van der Waals surface area contributed by atoms with E-state index < -0.39 is 0 Å². The van der Waals surface area contributed by atoms with E-state index in [2.05, 4.69) is 41.5 Å². The fourth-order valence-corrected chi connectivity index (χ4v) is 1.82. The highest BCUT2D eigenvalue weighted by molar-refractivity contribution is 4.61. The number of rotatable bonds is 8. The van der Waals surface area contributed by atoms with Crippen LogP contribution in [0.25, 0.3) is 0 Å². The van der Waals surface area contributed by atoms with Crippen LogP contribution < -0.4 is 0 Å². The van der Waals surface area contributed by atoms with Crippen LogP contribution in [0.2, 0.25) is 0 Å². The summed E-state index contributed by atoms with van der Waals surface area (Å²) in [7, 11) is 0. The summed E-state index contributed by atoms with van der Waals surface area (Å²) in [6, 6.07) is 0. The van der Waals surface area contributed by atoms with Gasteiger partial charge in [0.1, 0.15) is 0 Å². The van der Waals surface area contributed by atoms with Crippen molar-refractivity contribution in [2.24, 2.45) is 10.8 Å². The maximum Gasteiger partial charge on any atom is 0.0466 e. The number of hydrogen-bond donors (Lipinski definition) is 0. The van der Waals surface area contributed by atoms with Crippen LogP contribution in [-0.4, -0.2) is 13.2 Å². The second kappa shape index (κ2) is 8.13. The van der Waals surface area contributed by atoms with Gasteiger partial charge in [-0.2, -0.15) is 0 Å². The molecule has 0 saturated heterocycles. The highest BCUT2D eigenvalue weighted by Crippen LogP contribution is 2.22. The molecule has 0 aromatic heterocycles. The number of ether oxygens (including phenoxy) is 1. The highest BCUT2D eigenvalue weighted by Gasteiger charge is 2.09. The number of unbranched alkanes of at least 4 members (excludes halogenated alkanes) is 2. The standard InChI is InChI=1S/C16H34O/c1-15(2,3)11-7-9-13-17-14-10-8-12-16(4,5)6/h7-14H2,1-6H3. The van der Waals surface area contributed by atoms with Crippen molar-refractivity contribution < 1.29 is 4.74 Å². The Balaban J connectivity index is 3.15. The molecular formula is C16H34O. The second-order valence-electron chi connectivity index (χ2n) is 7.65. The van der Waals surface area contributed by atoms with Crippen LogP contribution in [0.5, 0.6) is 0 Å². The van der Waals surface area contributed by atoms with E-state index in [1.165, 1.54) is 38.5 Å². The third-order valence-electron chi connectivity index (χ3n) is 2.93. The molecule has 0 rings (SSSR count). The Morgan fingerprint density at radius 2 is 0.941 bits per heavy atom. The van der Waals surface area contributed by atoms with Gasteiger partial charge in [-0.3, -0.25) is 0 Å². The van der Waals surface area contributed by atoms with E-state index in [0.717, 1.165) is 13.2 Å². The summed E-state index contributed by atoms with van der Waals surface area (Å²) in [5.41, 5.74) is 0.958. The molecular weight excluding hydrogens is 208 g/mol. The van der Waals surface area contributed by atoms with Crippen molar-refractivity contribution in [1.29, 1.82) is 0 Å². The molecule has 0 aromatic rings. The molecule has 104 valence electrons. The van der Waals surface area contributed by atoms with E-state index in [0.29, 0.717) is 10.8 Å². The fourth-order valence-electron chi connectivity index (χ4n) is 1.82. The van der Waals surface area contributed by atoms with Gasteiger partial charge in [0.25, 0.3) is 0 Å². The molecule has 0 N–H and O–H groups in total. The molecule has 0 atom stereocenters. The Kier molecular flexibility index (Phi) is 8.11. The topological polar surface area (TPSA) is 9.23 Å². The monoisotopic (exact) mass is 242 g/mol. The zero-order chi connectivity index (χ0) is 13.4. The molecule has 0 aliphatic heterocycles. The molecule has 0 heterocycles. The minimum Gasteiger partial charge on any atom is -0.381 e. The summed E-state index contributed by atoms with van der Waals surface area (Å²) < 4.78 is 5.66. The number of hydrogen-bond acceptors (Lipinski definition) is 1. The minimum absolute atomic E-state index is 0.479. The normalized spacial score (nSPS) is 13.1. The fraction of sp³-hybridized carbons (Fsp3) is 1.00. The summed E-state index contributed by atoms with van der Waals surface area (Å²) in [6.45, 7) is 15.7. The summed E-state index contributed by atoms with van der Waals surface area (Å²) in [6.07, 6.45) is 7.64. The molecule has 0 amide bonds. The molecule has 0 unspecified atom stereocenters. The molecule has 0 bridgehead atoms. The zero-order valence-corrected chi connectivity index (χ0v) is 13.1. The van der Waals surface area contributed by atoms with Gasteiger partial charge in [-0.05, 0) is 36.5 Å². The maximum absolute atomic E-state index is 5.66. The second-order valence-corrected chi connectivity index (χ2v) is 7.65. The smallest absolute Gasteiger partial charge is 0.0466 e. The van der Waals surface area contributed by atoms with Gasteiger partial charge in [-0.25, -0.2) is 0 Å². The molecule has 0 aromatic carbocycles. The van der Waals surface area contributed by atoms with Gasteiger partial charge in [0, 0.05) is 13.2 Å². The molecule has 17 heavy (non-hydrogen) atoms. The third kappa shape index (κ3) is 16.0. The summed E-state index contributed by atoms with van der Waals surface area (Å²) >= 11 is 0. The van der Waals surface area contributed by atoms with Crippen LogP contribution in [-0.2, 0) is 4.74 Å². The predicted molar refractivity (Wildman–Crippen MR) is 77.4 cm³/mol. The first-order chi connectivity index (χ1) is 7.71. The van der Waals surface area contributed by atoms with Gasteiger partial charge < -0.3 is 4.74 Å². The Morgan fingerprint density at radius 1 is 0.588 bits per heavy atom. The average Bonchev–Trinajstić information content (AvgIpc) is 2.11. The van der Waals surface area contributed by atoms with Crippen LogP contribution in [0.1, 0.15) is 80.1 Å². The van der Waals surface area contributed by atoms with Gasteiger partial charge in [0.05, 0.1) is 0 Å². The van der Waals surface area contributed by atoms with E-state index in [1.807, 2.05) is 0 Å². The van der Waals surface area contributed by atoms with Crippen molar-refractivity contribution in [1.82, 2.24) is 0 Å². The van der Waals surface area contributed by atoms with E-state index in [1.54, 1.807) is 0 Å². The molecule has 0 aliphatic carbocycles. The van der Waals surface area contributed by atoms with Crippen molar-refractivity contribution in [3.8, 4) is 0 Å². The van der Waals surface area contributed by atoms with E-state index in [-0.39, 0.29) is 0 Å². The molecule has 0 radical (unpaired) electrons. The van der Waals surface area contributed by atoms with Crippen LogP contribution >= 0.6 is 0 Å².